The summed E-state index contributed by atoms with van der Waals surface area (Å²) in [6.45, 7) is 10.0. The van der Waals surface area contributed by atoms with Gasteiger partial charge >= 0.3 is 0 Å². The van der Waals surface area contributed by atoms with Crippen molar-refractivity contribution in [2.45, 2.75) is 26.9 Å². The number of aryl methyl sites for hydroxylation is 1. The summed E-state index contributed by atoms with van der Waals surface area (Å²) in [6.07, 6.45) is 0.323. The number of hydrogen-bond acceptors (Lipinski definition) is 3. The van der Waals surface area contributed by atoms with Crippen LogP contribution < -0.4 is 5.32 Å². The molecule has 3 nitrogen and oxygen atoms in total. The maximum atomic E-state index is 5.53. The van der Waals surface area contributed by atoms with Crippen LogP contribution in [0, 0.1) is 6.92 Å². The zero-order chi connectivity index (χ0) is 13.4. The SMILES string of the molecule is Cc1ccccc1NCCN(C)CCOC(C)C. The first-order chi connectivity index (χ1) is 8.59. The first-order valence-corrected chi connectivity index (χ1v) is 6.69. The molecule has 102 valence electrons. The molecule has 0 saturated carbocycles. The molecule has 18 heavy (non-hydrogen) atoms. The molecule has 0 radical (unpaired) electrons. The van der Waals surface area contributed by atoms with Gasteiger partial charge in [0, 0.05) is 25.3 Å². The molecule has 0 aliphatic rings. The minimum atomic E-state index is 0.323. The maximum absolute atomic E-state index is 5.53. The van der Waals surface area contributed by atoms with Gasteiger partial charge in [-0.05, 0) is 39.4 Å². The Bertz CT molecular complexity index is 339. The number of para-hydroxylation sites is 1. The molecule has 3 heteroatoms. The van der Waals surface area contributed by atoms with Gasteiger partial charge in [0.25, 0.3) is 0 Å². The fraction of sp³-hybridized carbons (Fsp3) is 0.600. The van der Waals surface area contributed by atoms with E-state index in [2.05, 4.69) is 62.3 Å². The number of nitrogens with zero attached hydrogens (tertiary/aromatic N) is 1. The van der Waals surface area contributed by atoms with Crippen molar-refractivity contribution in [3.8, 4) is 0 Å². The van der Waals surface area contributed by atoms with Crippen LogP contribution in [0.4, 0.5) is 5.69 Å². The van der Waals surface area contributed by atoms with Crippen molar-refractivity contribution < 1.29 is 4.74 Å². The normalized spacial score (nSPS) is 11.2. The van der Waals surface area contributed by atoms with Gasteiger partial charge in [0.15, 0.2) is 0 Å². The van der Waals surface area contributed by atoms with Gasteiger partial charge in [0.2, 0.25) is 0 Å². The van der Waals surface area contributed by atoms with E-state index >= 15 is 0 Å². The van der Waals surface area contributed by atoms with Crippen molar-refractivity contribution in [1.82, 2.24) is 4.90 Å². The van der Waals surface area contributed by atoms with Gasteiger partial charge in [-0.25, -0.2) is 0 Å². The molecule has 1 aromatic rings. The van der Waals surface area contributed by atoms with Crippen LogP contribution in [-0.2, 0) is 4.74 Å². The molecule has 0 saturated heterocycles. The zero-order valence-electron chi connectivity index (χ0n) is 12.1. The van der Waals surface area contributed by atoms with Crippen LogP contribution in [-0.4, -0.2) is 44.3 Å². The second kappa shape index (κ2) is 8.11. The van der Waals surface area contributed by atoms with Crippen LogP contribution in [0.1, 0.15) is 19.4 Å². The lowest BCUT2D eigenvalue weighted by atomic mass is 10.2. The van der Waals surface area contributed by atoms with Gasteiger partial charge in [-0.15, -0.1) is 0 Å². The molecule has 0 aromatic heterocycles. The highest BCUT2D eigenvalue weighted by atomic mass is 16.5. The number of nitrogens with one attached hydrogen (secondary N) is 1. The molecule has 1 N–H and O–H groups in total. The zero-order valence-corrected chi connectivity index (χ0v) is 12.1. The van der Waals surface area contributed by atoms with Crippen LogP contribution in [0.3, 0.4) is 0 Å². The fourth-order valence-electron chi connectivity index (χ4n) is 1.71. The number of hydrogen-bond donors (Lipinski definition) is 1. The summed E-state index contributed by atoms with van der Waals surface area (Å²) >= 11 is 0. The van der Waals surface area contributed by atoms with Crippen molar-refractivity contribution in [3.05, 3.63) is 29.8 Å². The van der Waals surface area contributed by atoms with Crippen molar-refractivity contribution in [2.24, 2.45) is 0 Å². The number of benzene rings is 1. The average molecular weight is 250 g/mol. The van der Waals surface area contributed by atoms with E-state index < -0.39 is 0 Å². The highest BCUT2D eigenvalue weighted by Gasteiger charge is 2.00. The minimum Gasteiger partial charge on any atom is -0.384 e. The Kier molecular flexibility index (Phi) is 6.76. The van der Waals surface area contributed by atoms with Gasteiger partial charge in [-0.1, -0.05) is 18.2 Å². The fourth-order valence-corrected chi connectivity index (χ4v) is 1.71. The molecule has 1 aromatic carbocycles. The summed E-state index contributed by atoms with van der Waals surface area (Å²) in [5.74, 6) is 0. The molecular weight excluding hydrogens is 224 g/mol. The second-order valence-corrected chi connectivity index (χ2v) is 4.96. The Labute approximate surface area is 111 Å². The van der Waals surface area contributed by atoms with E-state index in [9.17, 15) is 0 Å². The summed E-state index contributed by atoms with van der Waals surface area (Å²) in [5.41, 5.74) is 2.52. The highest BCUT2D eigenvalue weighted by molar-refractivity contribution is 5.50. The molecule has 0 amide bonds. The van der Waals surface area contributed by atoms with E-state index in [0.29, 0.717) is 6.10 Å². The van der Waals surface area contributed by atoms with Gasteiger partial charge in [0.1, 0.15) is 0 Å². The number of ether oxygens (including phenoxy) is 1. The third-order valence-electron chi connectivity index (χ3n) is 2.88. The highest BCUT2D eigenvalue weighted by Crippen LogP contribution is 2.12. The molecule has 0 spiro atoms. The van der Waals surface area contributed by atoms with Crippen molar-refractivity contribution in [2.75, 3.05) is 38.6 Å². The third kappa shape index (κ3) is 6.03. The topological polar surface area (TPSA) is 24.5 Å². The first-order valence-electron chi connectivity index (χ1n) is 6.69. The van der Waals surface area contributed by atoms with Crippen LogP contribution in [0.15, 0.2) is 24.3 Å². The van der Waals surface area contributed by atoms with E-state index in [-0.39, 0.29) is 0 Å². The van der Waals surface area contributed by atoms with Crippen molar-refractivity contribution in [3.63, 3.8) is 0 Å². The van der Waals surface area contributed by atoms with Gasteiger partial charge < -0.3 is 15.0 Å². The Morgan fingerprint density at radius 3 is 2.61 bits per heavy atom. The quantitative estimate of drug-likeness (QED) is 0.768. The van der Waals surface area contributed by atoms with Crippen LogP contribution in [0.5, 0.6) is 0 Å². The van der Waals surface area contributed by atoms with E-state index in [0.717, 1.165) is 26.2 Å². The average Bonchev–Trinajstić information content (AvgIpc) is 2.31. The molecule has 0 atom stereocenters. The summed E-state index contributed by atoms with van der Waals surface area (Å²) in [5, 5.41) is 3.46. The molecule has 0 heterocycles. The summed E-state index contributed by atoms with van der Waals surface area (Å²) in [6, 6.07) is 8.38. The van der Waals surface area contributed by atoms with E-state index in [1.807, 2.05) is 0 Å². The standard InChI is InChI=1S/C15H26N2O/c1-13(2)18-12-11-17(4)10-9-16-15-8-6-5-7-14(15)3/h5-8,13,16H,9-12H2,1-4H3. The summed E-state index contributed by atoms with van der Waals surface area (Å²) in [7, 11) is 2.13. The molecule has 0 unspecified atom stereocenters. The largest absolute Gasteiger partial charge is 0.384 e. The molecule has 0 bridgehead atoms. The molecule has 0 fully saturated rings. The summed E-state index contributed by atoms with van der Waals surface area (Å²) < 4.78 is 5.53. The van der Waals surface area contributed by atoms with Crippen molar-refractivity contribution >= 4 is 5.69 Å². The smallest absolute Gasteiger partial charge is 0.0596 e. The van der Waals surface area contributed by atoms with Crippen molar-refractivity contribution in [1.29, 1.82) is 0 Å². The Hall–Kier alpha value is -1.06. The van der Waals surface area contributed by atoms with Gasteiger partial charge in [-0.2, -0.15) is 0 Å². The van der Waals surface area contributed by atoms with E-state index in [1.54, 1.807) is 0 Å². The second-order valence-electron chi connectivity index (χ2n) is 4.96. The van der Waals surface area contributed by atoms with E-state index in [1.165, 1.54) is 11.3 Å². The Balaban J connectivity index is 2.15. The Morgan fingerprint density at radius 2 is 1.94 bits per heavy atom. The lowest BCUT2D eigenvalue weighted by Gasteiger charge is -2.18. The maximum Gasteiger partial charge on any atom is 0.0596 e. The monoisotopic (exact) mass is 250 g/mol. The van der Waals surface area contributed by atoms with Crippen LogP contribution in [0.2, 0.25) is 0 Å². The predicted molar refractivity (Wildman–Crippen MR) is 78.3 cm³/mol. The molecular formula is C15H26N2O. The van der Waals surface area contributed by atoms with Gasteiger partial charge in [0.05, 0.1) is 12.7 Å². The van der Waals surface area contributed by atoms with Crippen LogP contribution >= 0.6 is 0 Å². The lowest BCUT2D eigenvalue weighted by molar-refractivity contribution is 0.0645. The lowest BCUT2D eigenvalue weighted by Crippen LogP contribution is -2.29. The summed E-state index contributed by atoms with van der Waals surface area (Å²) in [4.78, 5) is 2.29. The Morgan fingerprint density at radius 1 is 1.22 bits per heavy atom. The molecule has 0 aliphatic heterocycles. The number of anilines is 1. The predicted octanol–water partition coefficient (Wildman–Crippen LogP) is 2.76. The third-order valence-corrected chi connectivity index (χ3v) is 2.88. The van der Waals surface area contributed by atoms with Gasteiger partial charge in [-0.3, -0.25) is 0 Å². The first kappa shape index (κ1) is 15.0. The molecule has 0 aliphatic carbocycles. The minimum absolute atomic E-state index is 0.323. The van der Waals surface area contributed by atoms with Crippen LogP contribution in [0.25, 0.3) is 0 Å². The number of rotatable bonds is 8. The van der Waals surface area contributed by atoms with E-state index in [4.69, 9.17) is 4.74 Å². The number of likely N-dealkylation sites (N-methyl/N-ethyl adjacent to an activating group) is 1. The molecule has 1 rings (SSSR count).